The predicted molar refractivity (Wildman–Crippen MR) is 128 cm³/mol. The minimum absolute atomic E-state index is 0.00575. The number of carboxylic acids is 1. The molecule has 0 spiro atoms. The van der Waals surface area contributed by atoms with Crippen molar-refractivity contribution >= 4 is 18.0 Å². The van der Waals surface area contributed by atoms with Crippen molar-refractivity contribution in [3.05, 3.63) is 59.7 Å². The number of hydrogen-bond donors (Lipinski definition) is 3. The van der Waals surface area contributed by atoms with E-state index in [9.17, 15) is 14.4 Å². The van der Waals surface area contributed by atoms with Crippen molar-refractivity contribution in [1.82, 2.24) is 10.6 Å². The van der Waals surface area contributed by atoms with Crippen LogP contribution in [0, 0.1) is 11.8 Å². The van der Waals surface area contributed by atoms with Crippen LogP contribution in [0.5, 0.6) is 0 Å². The molecule has 2 aromatic carbocycles. The number of benzene rings is 2. The molecule has 2 aliphatic carbocycles. The zero-order valence-corrected chi connectivity index (χ0v) is 19.7. The van der Waals surface area contributed by atoms with Crippen LogP contribution in [-0.4, -0.2) is 41.8 Å². The Bertz CT molecular complexity index is 1030. The smallest absolute Gasteiger partial charge is 0.407 e. The van der Waals surface area contributed by atoms with Crippen LogP contribution in [0.25, 0.3) is 11.1 Å². The number of fused-ring (bicyclic) bond motifs is 3. The van der Waals surface area contributed by atoms with Gasteiger partial charge in [-0.25, -0.2) is 4.79 Å². The molecular weight excluding hydrogens is 432 g/mol. The first-order valence-corrected chi connectivity index (χ1v) is 11.9. The summed E-state index contributed by atoms with van der Waals surface area (Å²) in [6, 6.07) is 16.4. The first-order valence-electron chi connectivity index (χ1n) is 11.9. The lowest BCUT2D eigenvalue weighted by Gasteiger charge is -2.23. The first kappa shape index (κ1) is 23.8. The number of amides is 2. The SMILES string of the molecule is CC(C)C(CNC(=O)OCC1c2ccccc2-c2ccccc21)CC(=O)NC1(CC(=O)O)CC1. The molecule has 0 aromatic heterocycles. The van der Waals surface area contributed by atoms with Crippen LogP contribution in [0.1, 0.15) is 56.6 Å². The van der Waals surface area contributed by atoms with E-state index in [1.54, 1.807) is 0 Å². The number of rotatable bonds is 10. The third kappa shape index (κ3) is 5.41. The maximum Gasteiger partial charge on any atom is 0.407 e. The number of ether oxygens (including phenoxy) is 1. The Labute approximate surface area is 199 Å². The highest BCUT2D eigenvalue weighted by atomic mass is 16.5. The Morgan fingerprint density at radius 3 is 2.15 bits per heavy atom. The highest BCUT2D eigenvalue weighted by Crippen LogP contribution is 2.44. The molecule has 2 aliphatic rings. The van der Waals surface area contributed by atoms with Gasteiger partial charge in [0.1, 0.15) is 6.61 Å². The number of aliphatic carboxylic acids is 1. The second kappa shape index (κ2) is 9.87. The van der Waals surface area contributed by atoms with Gasteiger partial charge in [0.25, 0.3) is 0 Å². The molecule has 4 rings (SSSR count). The van der Waals surface area contributed by atoms with E-state index in [4.69, 9.17) is 9.84 Å². The molecule has 2 aromatic rings. The number of hydrogen-bond acceptors (Lipinski definition) is 4. The quantitative estimate of drug-likeness (QED) is 0.486. The molecule has 1 atom stereocenters. The Morgan fingerprint density at radius 2 is 1.62 bits per heavy atom. The summed E-state index contributed by atoms with van der Waals surface area (Å²) in [5.74, 6) is -1.01. The van der Waals surface area contributed by atoms with E-state index in [0.717, 1.165) is 11.1 Å². The van der Waals surface area contributed by atoms with Crippen molar-refractivity contribution in [2.45, 2.75) is 51.0 Å². The number of carbonyl (C=O) groups excluding carboxylic acids is 2. The topological polar surface area (TPSA) is 105 Å². The molecule has 2 amide bonds. The number of nitrogens with one attached hydrogen (secondary N) is 2. The normalized spacial score (nSPS) is 16.3. The molecule has 0 radical (unpaired) electrons. The average Bonchev–Trinajstić information content (AvgIpc) is 3.46. The predicted octanol–water partition coefficient (Wildman–Crippen LogP) is 4.31. The molecule has 7 heteroatoms. The van der Waals surface area contributed by atoms with Crippen LogP contribution in [0.4, 0.5) is 4.79 Å². The van der Waals surface area contributed by atoms with Gasteiger partial charge in [0, 0.05) is 18.9 Å². The van der Waals surface area contributed by atoms with Crippen LogP contribution < -0.4 is 10.6 Å². The van der Waals surface area contributed by atoms with E-state index in [1.807, 2.05) is 38.1 Å². The van der Waals surface area contributed by atoms with Gasteiger partial charge in [-0.2, -0.15) is 0 Å². The van der Waals surface area contributed by atoms with E-state index in [0.29, 0.717) is 19.4 Å². The Hall–Kier alpha value is -3.35. The van der Waals surface area contributed by atoms with Crippen LogP contribution in [0.2, 0.25) is 0 Å². The molecule has 0 aliphatic heterocycles. The van der Waals surface area contributed by atoms with Gasteiger partial charge in [0.05, 0.1) is 12.0 Å². The maximum absolute atomic E-state index is 12.5. The lowest BCUT2D eigenvalue weighted by Crippen LogP contribution is -2.41. The van der Waals surface area contributed by atoms with E-state index in [-0.39, 0.29) is 43.1 Å². The molecule has 0 heterocycles. The van der Waals surface area contributed by atoms with Crippen LogP contribution in [0.3, 0.4) is 0 Å². The summed E-state index contributed by atoms with van der Waals surface area (Å²) < 4.78 is 5.59. The standard InChI is InChI=1S/C27H32N2O5/c1-17(2)18(13-24(30)29-27(11-12-27)14-25(31)32)15-28-26(33)34-16-23-21-9-5-3-7-19(21)20-8-4-6-10-22(20)23/h3-10,17-18,23H,11-16H2,1-2H3,(H,28,33)(H,29,30)(H,31,32). The minimum Gasteiger partial charge on any atom is -0.481 e. The molecule has 0 bridgehead atoms. The van der Waals surface area contributed by atoms with E-state index >= 15 is 0 Å². The summed E-state index contributed by atoms with van der Waals surface area (Å²) in [7, 11) is 0. The van der Waals surface area contributed by atoms with E-state index < -0.39 is 17.6 Å². The summed E-state index contributed by atoms with van der Waals surface area (Å²) >= 11 is 0. The van der Waals surface area contributed by atoms with Gasteiger partial charge in [-0.15, -0.1) is 0 Å². The monoisotopic (exact) mass is 464 g/mol. The molecule has 0 saturated heterocycles. The summed E-state index contributed by atoms with van der Waals surface area (Å²) in [6.45, 7) is 4.56. The van der Waals surface area contributed by atoms with Crippen molar-refractivity contribution in [2.75, 3.05) is 13.2 Å². The van der Waals surface area contributed by atoms with Gasteiger partial charge in [-0.3, -0.25) is 9.59 Å². The zero-order chi connectivity index (χ0) is 24.3. The molecule has 180 valence electrons. The molecular formula is C27H32N2O5. The van der Waals surface area contributed by atoms with Crippen molar-refractivity contribution in [3.8, 4) is 11.1 Å². The average molecular weight is 465 g/mol. The van der Waals surface area contributed by atoms with Crippen molar-refractivity contribution < 1.29 is 24.2 Å². The third-order valence-electron chi connectivity index (χ3n) is 6.99. The fourth-order valence-corrected chi connectivity index (χ4v) is 4.78. The zero-order valence-electron chi connectivity index (χ0n) is 19.7. The fourth-order valence-electron chi connectivity index (χ4n) is 4.78. The largest absolute Gasteiger partial charge is 0.481 e. The summed E-state index contributed by atoms with van der Waals surface area (Å²) in [6.07, 6.45) is 1.05. The van der Waals surface area contributed by atoms with Crippen molar-refractivity contribution in [3.63, 3.8) is 0 Å². The Morgan fingerprint density at radius 1 is 1.03 bits per heavy atom. The van der Waals surface area contributed by atoms with Gasteiger partial charge in [-0.05, 0) is 46.9 Å². The highest BCUT2D eigenvalue weighted by molar-refractivity contribution is 5.80. The van der Waals surface area contributed by atoms with Gasteiger partial charge < -0.3 is 20.5 Å². The molecule has 3 N–H and O–H groups in total. The van der Waals surface area contributed by atoms with Gasteiger partial charge >= 0.3 is 12.1 Å². The van der Waals surface area contributed by atoms with Crippen LogP contribution >= 0.6 is 0 Å². The van der Waals surface area contributed by atoms with Crippen LogP contribution in [-0.2, 0) is 14.3 Å². The van der Waals surface area contributed by atoms with E-state index in [2.05, 4.69) is 34.9 Å². The van der Waals surface area contributed by atoms with E-state index in [1.165, 1.54) is 11.1 Å². The second-order valence-electron chi connectivity index (χ2n) is 9.81. The van der Waals surface area contributed by atoms with Crippen molar-refractivity contribution in [2.24, 2.45) is 11.8 Å². The molecule has 1 fully saturated rings. The first-order chi connectivity index (χ1) is 16.3. The minimum atomic E-state index is -0.907. The molecule has 34 heavy (non-hydrogen) atoms. The third-order valence-corrected chi connectivity index (χ3v) is 6.99. The highest BCUT2D eigenvalue weighted by Gasteiger charge is 2.45. The van der Waals surface area contributed by atoms with Gasteiger partial charge in [0.2, 0.25) is 5.91 Å². The fraction of sp³-hybridized carbons (Fsp3) is 0.444. The number of carboxylic acid groups (broad SMARTS) is 1. The Balaban J connectivity index is 1.29. The second-order valence-corrected chi connectivity index (χ2v) is 9.81. The van der Waals surface area contributed by atoms with Crippen molar-refractivity contribution in [1.29, 1.82) is 0 Å². The molecule has 1 unspecified atom stereocenters. The Kier molecular flexibility index (Phi) is 6.91. The lowest BCUT2D eigenvalue weighted by atomic mass is 9.92. The summed E-state index contributed by atoms with van der Waals surface area (Å²) in [5, 5.41) is 14.7. The maximum atomic E-state index is 12.5. The lowest BCUT2D eigenvalue weighted by molar-refractivity contribution is -0.138. The number of carbonyl (C=O) groups is 3. The summed E-state index contributed by atoms with van der Waals surface area (Å²) in [4.78, 5) is 36.0. The van der Waals surface area contributed by atoms with Gasteiger partial charge in [0.15, 0.2) is 0 Å². The molecule has 7 nitrogen and oxygen atoms in total. The van der Waals surface area contributed by atoms with Crippen LogP contribution in [0.15, 0.2) is 48.5 Å². The molecule has 1 saturated carbocycles. The number of alkyl carbamates (subject to hydrolysis) is 1. The summed E-state index contributed by atoms with van der Waals surface area (Å²) in [5.41, 5.74) is 4.07. The van der Waals surface area contributed by atoms with Gasteiger partial charge in [-0.1, -0.05) is 62.4 Å².